The van der Waals surface area contributed by atoms with Crippen molar-refractivity contribution in [3.63, 3.8) is 0 Å². The van der Waals surface area contributed by atoms with Crippen molar-refractivity contribution >= 4 is 5.57 Å². The molecule has 3 heteroatoms. The van der Waals surface area contributed by atoms with Crippen molar-refractivity contribution in [1.82, 2.24) is 0 Å². The SMILES string of the molecule is C=C(C)c1ccc(OCCCCCCOC2(CC)COC2)cc1. The molecule has 0 bridgehead atoms. The third-order valence-corrected chi connectivity index (χ3v) is 4.44. The van der Waals surface area contributed by atoms with Crippen molar-refractivity contribution in [1.29, 1.82) is 0 Å². The summed E-state index contributed by atoms with van der Waals surface area (Å²) in [7, 11) is 0. The smallest absolute Gasteiger partial charge is 0.119 e. The molecule has 2 rings (SSSR count). The summed E-state index contributed by atoms with van der Waals surface area (Å²) in [6.07, 6.45) is 5.63. The molecule has 0 amide bonds. The molecule has 1 saturated heterocycles. The highest BCUT2D eigenvalue weighted by Crippen LogP contribution is 2.25. The van der Waals surface area contributed by atoms with E-state index >= 15 is 0 Å². The average Bonchev–Trinajstić information content (AvgIpc) is 2.52. The highest BCUT2D eigenvalue weighted by Gasteiger charge is 2.37. The summed E-state index contributed by atoms with van der Waals surface area (Å²) in [5, 5.41) is 0. The lowest BCUT2D eigenvalue weighted by Gasteiger charge is -2.40. The Morgan fingerprint density at radius 3 is 2.26 bits per heavy atom. The van der Waals surface area contributed by atoms with Crippen molar-refractivity contribution in [2.45, 2.75) is 51.6 Å². The first kappa shape index (κ1) is 18.0. The van der Waals surface area contributed by atoms with Crippen molar-refractivity contribution in [2.75, 3.05) is 26.4 Å². The van der Waals surface area contributed by atoms with E-state index in [1.807, 2.05) is 19.1 Å². The first-order valence-corrected chi connectivity index (χ1v) is 8.76. The van der Waals surface area contributed by atoms with Gasteiger partial charge >= 0.3 is 0 Å². The highest BCUT2D eigenvalue weighted by atomic mass is 16.6. The fraction of sp³-hybridized carbons (Fsp3) is 0.600. The Bertz CT molecular complexity index is 469. The lowest BCUT2D eigenvalue weighted by Crippen LogP contribution is -2.51. The minimum absolute atomic E-state index is 0.0269. The van der Waals surface area contributed by atoms with Gasteiger partial charge in [-0.15, -0.1) is 0 Å². The van der Waals surface area contributed by atoms with Crippen LogP contribution < -0.4 is 4.74 Å². The Morgan fingerprint density at radius 1 is 1.09 bits per heavy atom. The fourth-order valence-corrected chi connectivity index (χ4v) is 2.59. The van der Waals surface area contributed by atoms with Crippen LogP contribution in [0.1, 0.15) is 51.5 Å². The first-order chi connectivity index (χ1) is 11.2. The van der Waals surface area contributed by atoms with Gasteiger partial charge in [0.05, 0.1) is 19.8 Å². The number of rotatable bonds is 11. The van der Waals surface area contributed by atoms with Crippen LogP contribution >= 0.6 is 0 Å². The Balaban J connectivity index is 1.48. The van der Waals surface area contributed by atoms with Crippen LogP contribution in [0.25, 0.3) is 5.57 Å². The monoisotopic (exact) mass is 318 g/mol. The van der Waals surface area contributed by atoms with Gasteiger partial charge in [0, 0.05) is 6.61 Å². The van der Waals surface area contributed by atoms with Crippen LogP contribution in [0.2, 0.25) is 0 Å². The molecule has 0 radical (unpaired) electrons. The fourth-order valence-electron chi connectivity index (χ4n) is 2.59. The van der Waals surface area contributed by atoms with Gasteiger partial charge in [-0.3, -0.25) is 0 Å². The summed E-state index contributed by atoms with van der Waals surface area (Å²) >= 11 is 0. The first-order valence-electron chi connectivity index (χ1n) is 8.76. The zero-order chi connectivity index (χ0) is 16.5. The zero-order valence-electron chi connectivity index (χ0n) is 14.6. The lowest BCUT2D eigenvalue weighted by atomic mass is 9.99. The Hall–Kier alpha value is -1.32. The third-order valence-electron chi connectivity index (χ3n) is 4.44. The maximum atomic E-state index is 5.96. The largest absolute Gasteiger partial charge is 0.494 e. The number of hydrogen-bond acceptors (Lipinski definition) is 3. The normalized spacial score (nSPS) is 15.9. The number of unbranched alkanes of at least 4 members (excludes halogenated alkanes) is 3. The van der Waals surface area contributed by atoms with Gasteiger partial charge in [-0.1, -0.05) is 37.6 Å². The van der Waals surface area contributed by atoms with E-state index in [1.165, 1.54) is 18.4 Å². The van der Waals surface area contributed by atoms with E-state index in [0.29, 0.717) is 0 Å². The predicted molar refractivity (Wildman–Crippen MR) is 94.9 cm³/mol. The van der Waals surface area contributed by atoms with Crippen LogP contribution in [-0.4, -0.2) is 32.0 Å². The van der Waals surface area contributed by atoms with Gasteiger partial charge in [-0.25, -0.2) is 0 Å². The predicted octanol–water partition coefficient (Wildman–Crippen LogP) is 4.85. The van der Waals surface area contributed by atoms with Gasteiger partial charge in [0.15, 0.2) is 0 Å². The van der Waals surface area contributed by atoms with E-state index in [-0.39, 0.29) is 5.60 Å². The van der Waals surface area contributed by atoms with Gasteiger partial charge in [-0.2, -0.15) is 0 Å². The van der Waals surface area contributed by atoms with Gasteiger partial charge in [0.25, 0.3) is 0 Å². The minimum atomic E-state index is 0.0269. The van der Waals surface area contributed by atoms with E-state index in [4.69, 9.17) is 14.2 Å². The Morgan fingerprint density at radius 2 is 1.74 bits per heavy atom. The van der Waals surface area contributed by atoms with Crippen molar-refractivity contribution in [3.8, 4) is 5.75 Å². The second-order valence-electron chi connectivity index (χ2n) is 6.45. The molecule has 1 aromatic carbocycles. The highest BCUT2D eigenvalue weighted by molar-refractivity contribution is 5.61. The molecule has 0 unspecified atom stereocenters. The van der Waals surface area contributed by atoms with Gasteiger partial charge < -0.3 is 14.2 Å². The maximum absolute atomic E-state index is 5.96. The summed E-state index contributed by atoms with van der Waals surface area (Å²) in [5.74, 6) is 0.938. The maximum Gasteiger partial charge on any atom is 0.119 e. The Labute approximate surface area is 140 Å². The van der Waals surface area contributed by atoms with Crippen molar-refractivity contribution in [2.24, 2.45) is 0 Å². The second kappa shape index (κ2) is 9.09. The van der Waals surface area contributed by atoms with Crippen LogP contribution in [0.3, 0.4) is 0 Å². The summed E-state index contributed by atoms with van der Waals surface area (Å²) in [4.78, 5) is 0. The van der Waals surface area contributed by atoms with Crippen molar-refractivity contribution in [3.05, 3.63) is 36.4 Å². The molecule has 0 saturated carbocycles. The van der Waals surface area contributed by atoms with Crippen LogP contribution in [0.5, 0.6) is 5.75 Å². The molecule has 0 spiro atoms. The molecular weight excluding hydrogens is 288 g/mol. The molecule has 0 aromatic heterocycles. The minimum Gasteiger partial charge on any atom is -0.494 e. The molecule has 23 heavy (non-hydrogen) atoms. The molecule has 0 aliphatic carbocycles. The zero-order valence-corrected chi connectivity index (χ0v) is 14.6. The molecule has 128 valence electrons. The summed E-state index contributed by atoms with van der Waals surface area (Å²) in [5.41, 5.74) is 2.27. The lowest BCUT2D eigenvalue weighted by molar-refractivity contribution is -0.211. The van der Waals surface area contributed by atoms with Gasteiger partial charge in [0.2, 0.25) is 0 Å². The molecule has 1 heterocycles. The number of allylic oxidation sites excluding steroid dienone is 1. The van der Waals surface area contributed by atoms with E-state index in [1.54, 1.807) is 0 Å². The molecule has 3 nitrogen and oxygen atoms in total. The quantitative estimate of drug-likeness (QED) is 0.546. The summed E-state index contributed by atoms with van der Waals surface area (Å²) in [6, 6.07) is 8.15. The molecule has 1 aromatic rings. The number of ether oxygens (including phenoxy) is 3. The second-order valence-corrected chi connectivity index (χ2v) is 6.45. The standard InChI is InChI=1S/C20H30O3/c1-4-20(15-21-16-20)23-14-8-6-5-7-13-22-19-11-9-18(10-12-19)17(2)3/h9-12H,2,4-8,13-16H2,1,3H3. The molecule has 1 aliphatic heterocycles. The van der Waals surface area contributed by atoms with Crippen LogP contribution in [-0.2, 0) is 9.47 Å². The number of hydrogen-bond donors (Lipinski definition) is 0. The molecule has 1 fully saturated rings. The summed E-state index contributed by atoms with van der Waals surface area (Å²) < 4.78 is 17.0. The average molecular weight is 318 g/mol. The topological polar surface area (TPSA) is 27.7 Å². The van der Waals surface area contributed by atoms with E-state index in [2.05, 4.69) is 25.6 Å². The van der Waals surface area contributed by atoms with E-state index in [0.717, 1.165) is 57.0 Å². The van der Waals surface area contributed by atoms with Crippen LogP contribution in [0.15, 0.2) is 30.8 Å². The molecule has 0 N–H and O–H groups in total. The molecular formula is C20H30O3. The van der Waals surface area contributed by atoms with Crippen molar-refractivity contribution < 1.29 is 14.2 Å². The van der Waals surface area contributed by atoms with Gasteiger partial charge in [-0.05, 0) is 50.3 Å². The third kappa shape index (κ3) is 5.67. The van der Waals surface area contributed by atoms with E-state index in [9.17, 15) is 0 Å². The number of benzene rings is 1. The molecule has 1 aliphatic rings. The van der Waals surface area contributed by atoms with Gasteiger partial charge in [0.1, 0.15) is 11.4 Å². The van der Waals surface area contributed by atoms with Crippen LogP contribution in [0.4, 0.5) is 0 Å². The molecule has 0 atom stereocenters. The Kier molecular flexibility index (Phi) is 7.13. The van der Waals surface area contributed by atoms with Crippen LogP contribution in [0, 0.1) is 0 Å². The van der Waals surface area contributed by atoms with E-state index < -0.39 is 0 Å². The summed E-state index contributed by atoms with van der Waals surface area (Å²) in [6.45, 7) is 11.3.